The van der Waals surface area contributed by atoms with E-state index >= 15 is 0 Å². The number of carbonyl (C=O) groups excluding carboxylic acids is 1. The Hall–Kier alpha value is -0.290. The number of carbonyl (C=O) groups is 1. The predicted molar refractivity (Wildman–Crippen MR) is 71.4 cm³/mol. The van der Waals surface area contributed by atoms with Crippen LogP contribution in [0.4, 0.5) is 0 Å². The molecule has 0 aliphatic heterocycles. The number of hydrogen-bond acceptors (Lipinski definition) is 1. The molecule has 0 heterocycles. The molecule has 1 atom stereocenters. The van der Waals surface area contributed by atoms with Crippen molar-refractivity contribution in [3.05, 3.63) is 32.4 Å². The van der Waals surface area contributed by atoms with Gasteiger partial charge in [-0.2, -0.15) is 0 Å². The van der Waals surface area contributed by atoms with Gasteiger partial charge in [0.15, 0.2) is 0 Å². The van der Waals surface area contributed by atoms with Gasteiger partial charge in [-0.1, -0.05) is 18.5 Å². The molecule has 15 heavy (non-hydrogen) atoms. The highest BCUT2D eigenvalue weighted by Crippen LogP contribution is 2.19. The largest absolute Gasteiger partial charge is 0.350 e. The third-order valence-electron chi connectivity index (χ3n) is 2.17. The maximum atomic E-state index is 11.7. The maximum absolute atomic E-state index is 11.7. The first-order valence-corrected chi connectivity index (χ1v) is 6.26. The smallest absolute Gasteiger partial charge is 0.251 e. The van der Waals surface area contributed by atoms with Crippen molar-refractivity contribution in [1.29, 1.82) is 0 Å². The highest BCUT2D eigenvalue weighted by molar-refractivity contribution is 14.1. The van der Waals surface area contributed by atoms with Gasteiger partial charge in [0, 0.05) is 15.2 Å². The lowest BCUT2D eigenvalue weighted by Gasteiger charge is -2.11. The number of nitrogens with one attached hydrogen (secondary N) is 1. The third-order valence-corrected chi connectivity index (χ3v) is 3.74. The summed E-state index contributed by atoms with van der Waals surface area (Å²) in [7, 11) is 0. The maximum Gasteiger partial charge on any atom is 0.251 e. The van der Waals surface area contributed by atoms with Crippen LogP contribution in [0, 0.1) is 3.57 Å². The third kappa shape index (κ3) is 3.65. The van der Waals surface area contributed by atoms with E-state index in [1.165, 1.54) is 0 Å². The van der Waals surface area contributed by atoms with Crippen LogP contribution in [0.25, 0.3) is 0 Å². The van der Waals surface area contributed by atoms with E-state index in [9.17, 15) is 4.79 Å². The summed E-state index contributed by atoms with van der Waals surface area (Å²) in [6.45, 7) is 4.01. The molecule has 0 aliphatic carbocycles. The van der Waals surface area contributed by atoms with E-state index < -0.39 is 0 Å². The minimum Gasteiger partial charge on any atom is -0.350 e. The summed E-state index contributed by atoms with van der Waals surface area (Å²) in [6, 6.07) is 5.51. The Labute approximate surface area is 109 Å². The van der Waals surface area contributed by atoms with Gasteiger partial charge in [0.2, 0.25) is 0 Å². The van der Waals surface area contributed by atoms with Gasteiger partial charge in [-0.15, -0.1) is 0 Å². The second kappa shape index (κ2) is 5.70. The van der Waals surface area contributed by atoms with Crippen LogP contribution in [0.15, 0.2) is 18.2 Å². The van der Waals surface area contributed by atoms with Crippen LogP contribution in [0.1, 0.15) is 30.6 Å². The van der Waals surface area contributed by atoms with Crippen LogP contribution in [-0.4, -0.2) is 11.9 Å². The van der Waals surface area contributed by atoms with Crippen molar-refractivity contribution in [3.63, 3.8) is 0 Å². The van der Waals surface area contributed by atoms with E-state index in [0.29, 0.717) is 10.6 Å². The Morgan fingerprint density at radius 2 is 2.27 bits per heavy atom. The lowest BCUT2D eigenvalue weighted by molar-refractivity contribution is 0.0939. The van der Waals surface area contributed by atoms with Crippen LogP contribution in [0.5, 0.6) is 0 Å². The zero-order valence-electron chi connectivity index (χ0n) is 8.68. The van der Waals surface area contributed by atoms with Crippen LogP contribution < -0.4 is 5.32 Å². The van der Waals surface area contributed by atoms with Crippen LogP contribution >= 0.6 is 34.2 Å². The Kier molecular flexibility index (Phi) is 4.86. The normalized spacial score (nSPS) is 12.3. The van der Waals surface area contributed by atoms with Crippen molar-refractivity contribution in [1.82, 2.24) is 5.32 Å². The van der Waals surface area contributed by atoms with Gasteiger partial charge in [-0.25, -0.2) is 0 Å². The molecule has 0 saturated carbocycles. The molecular formula is C11H13ClINO. The average Bonchev–Trinajstić information content (AvgIpc) is 2.21. The molecule has 2 nitrogen and oxygen atoms in total. The second-order valence-electron chi connectivity index (χ2n) is 3.41. The van der Waals surface area contributed by atoms with Crippen molar-refractivity contribution in [2.75, 3.05) is 0 Å². The van der Waals surface area contributed by atoms with Gasteiger partial charge >= 0.3 is 0 Å². The summed E-state index contributed by atoms with van der Waals surface area (Å²) < 4.78 is 0.953. The molecule has 82 valence electrons. The molecule has 0 bridgehead atoms. The zero-order chi connectivity index (χ0) is 11.4. The highest BCUT2D eigenvalue weighted by atomic mass is 127. The Bertz CT molecular complexity index is 368. The minimum absolute atomic E-state index is 0.0670. The van der Waals surface area contributed by atoms with Crippen molar-refractivity contribution < 1.29 is 4.79 Å². The molecule has 0 aliphatic rings. The summed E-state index contributed by atoms with van der Waals surface area (Å²) in [5.41, 5.74) is 0.612. The summed E-state index contributed by atoms with van der Waals surface area (Å²) in [6.07, 6.45) is 0.920. The number of hydrogen-bond donors (Lipinski definition) is 1. The fraction of sp³-hybridized carbons (Fsp3) is 0.364. The van der Waals surface area contributed by atoms with Gasteiger partial charge in [-0.05, 0) is 54.1 Å². The molecule has 1 amide bonds. The first kappa shape index (κ1) is 12.8. The fourth-order valence-electron chi connectivity index (χ4n) is 1.05. The molecular weight excluding hydrogens is 324 g/mol. The van der Waals surface area contributed by atoms with E-state index in [4.69, 9.17) is 11.6 Å². The SMILES string of the molecule is CCC(C)NC(=O)c1ccc(I)c(Cl)c1. The van der Waals surface area contributed by atoms with Gasteiger partial charge in [0.05, 0.1) is 5.02 Å². The lowest BCUT2D eigenvalue weighted by atomic mass is 10.2. The first-order chi connectivity index (χ1) is 7.04. The van der Waals surface area contributed by atoms with Gasteiger partial charge in [0.25, 0.3) is 5.91 Å². The quantitative estimate of drug-likeness (QED) is 0.841. The molecule has 1 aromatic carbocycles. The molecule has 0 spiro atoms. The van der Waals surface area contributed by atoms with Gasteiger partial charge in [-0.3, -0.25) is 4.79 Å². The summed E-state index contributed by atoms with van der Waals surface area (Å²) in [4.78, 5) is 11.7. The molecule has 0 aromatic heterocycles. The molecule has 0 radical (unpaired) electrons. The number of rotatable bonds is 3. The zero-order valence-corrected chi connectivity index (χ0v) is 11.6. The van der Waals surface area contributed by atoms with Crippen molar-refractivity contribution in [3.8, 4) is 0 Å². The van der Waals surface area contributed by atoms with Crippen LogP contribution in [-0.2, 0) is 0 Å². The minimum atomic E-state index is -0.0670. The highest BCUT2D eigenvalue weighted by Gasteiger charge is 2.09. The molecule has 0 fully saturated rings. The standard InChI is InChI=1S/C11H13ClINO/c1-3-7(2)14-11(15)8-4-5-10(13)9(12)6-8/h4-7H,3H2,1-2H3,(H,14,15). The topological polar surface area (TPSA) is 29.1 Å². The Morgan fingerprint density at radius 1 is 1.60 bits per heavy atom. The fourth-order valence-corrected chi connectivity index (χ4v) is 1.56. The van der Waals surface area contributed by atoms with Crippen LogP contribution in [0.3, 0.4) is 0 Å². The predicted octanol–water partition coefficient (Wildman–Crippen LogP) is 3.47. The van der Waals surface area contributed by atoms with Crippen LogP contribution in [0.2, 0.25) is 5.02 Å². The summed E-state index contributed by atoms with van der Waals surface area (Å²) >= 11 is 8.07. The average molecular weight is 338 g/mol. The Morgan fingerprint density at radius 3 is 2.80 bits per heavy atom. The van der Waals surface area contributed by atoms with E-state index in [2.05, 4.69) is 27.9 Å². The lowest BCUT2D eigenvalue weighted by Crippen LogP contribution is -2.31. The van der Waals surface area contributed by atoms with Crippen molar-refractivity contribution >= 4 is 40.1 Å². The van der Waals surface area contributed by atoms with E-state index in [1.54, 1.807) is 12.1 Å². The Balaban J connectivity index is 2.78. The van der Waals surface area contributed by atoms with Crippen molar-refractivity contribution in [2.45, 2.75) is 26.3 Å². The van der Waals surface area contributed by atoms with E-state index in [1.807, 2.05) is 19.9 Å². The molecule has 0 saturated heterocycles. The monoisotopic (exact) mass is 337 g/mol. The summed E-state index contributed by atoms with van der Waals surface area (Å²) in [5.74, 6) is -0.0670. The van der Waals surface area contributed by atoms with E-state index in [0.717, 1.165) is 9.99 Å². The molecule has 1 aromatic rings. The van der Waals surface area contributed by atoms with Gasteiger partial charge in [0.1, 0.15) is 0 Å². The first-order valence-electron chi connectivity index (χ1n) is 4.80. The summed E-state index contributed by atoms with van der Waals surface area (Å²) in [5, 5.41) is 3.51. The van der Waals surface area contributed by atoms with Gasteiger partial charge < -0.3 is 5.32 Å². The second-order valence-corrected chi connectivity index (χ2v) is 4.98. The molecule has 1 N–H and O–H groups in total. The van der Waals surface area contributed by atoms with Crippen molar-refractivity contribution in [2.24, 2.45) is 0 Å². The molecule has 4 heteroatoms. The van der Waals surface area contributed by atoms with E-state index in [-0.39, 0.29) is 11.9 Å². The number of amides is 1. The number of halogens is 2. The number of benzene rings is 1. The molecule has 1 unspecified atom stereocenters. The molecule has 1 rings (SSSR count).